The zero-order valence-corrected chi connectivity index (χ0v) is 18.0. The molecule has 6 heteroatoms. The quantitative estimate of drug-likeness (QED) is 0.515. The molecule has 0 spiro atoms. The van der Waals surface area contributed by atoms with Crippen LogP contribution in [0.15, 0.2) is 60.9 Å². The van der Waals surface area contributed by atoms with E-state index < -0.39 is 0 Å². The van der Waals surface area contributed by atoms with Crippen molar-refractivity contribution in [1.29, 1.82) is 0 Å². The third-order valence-corrected chi connectivity index (χ3v) is 6.41. The molecule has 1 amide bonds. The first kappa shape index (κ1) is 19.5. The van der Waals surface area contributed by atoms with Gasteiger partial charge in [-0.3, -0.25) is 4.79 Å². The average Bonchev–Trinajstić information content (AvgIpc) is 3.54. The van der Waals surface area contributed by atoms with Crippen molar-refractivity contribution < 1.29 is 4.79 Å². The number of rotatable bonds is 5. The minimum absolute atomic E-state index is 0.119. The number of aryl methyl sites for hydroxylation is 1. The van der Waals surface area contributed by atoms with E-state index in [9.17, 15) is 4.79 Å². The molecule has 1 unspecified atom stereocenters. The summed E-state index contributed by atoms with van der Waals surface area (Å²) in [5.41, 5.74) is 5.77. The van der Waals surface area contributed by atoms with Crippen molar-refractivity contribution in [2.24, 2.45) is 7.05 Å². The molecule has 6 nitrogen and oxygen atoms in total. The van der Waals surface area contributed by atoms with Gasteiger partial charge in [0.25, 0.3) is 0 Å². The van der Waals surface area contributed by atoms with E-state index in [1.807, 2.05) is 17.8 Å². The molecule has 2 aromatic heterocycles. The third kappa shape index (κ3) is 3.74. The zero-order valence-electron chi connectivity index (χ0n) is 18.0. The normalized spacial score (nSPS) is 18.5. The fourth-order valence-electron chi connectivity index (χ4n) is 4.66. The maximum Gasteiger partial charge on any atom is 0.219 e. The largest absolute Gasteiger partial charge is 0.353 e. The molecular weight excluding hydrogens is 386 g/mol. The van der Waals surface area contributed by atoms with Gasteiger partial charge in [-0.05, 0) is 48.6 Å². The van der Waals surface area contributed by atoms with Gasteiger partial charge in [-0.1, -0.05) is 42.5 Å². The highest BCUT2D eigenvalue weighted by Crippen LogP contribution is 2.34. The van der Waals surface area contributed by atoms with Gasteiger partial charge in [-0.2, -0.15) is 0 Å². The molecule has 1 fully saturated rings. The summed E-state index contributed by atoms with van der Waals surface area (Å²) >= 11 is 0. The van der Waals surface area contributed by atoms with Gasteiger partial charge >= 0.3 is 0 Å². The molecule has 5 rings (SSSR count). The fourth-order valence-corrected chi connectivity index (χ4v) is 4.66. The summed E-state index contributed by atoms with van der Waals surface area (Å²) in [5.74, 6) is 0.119. The van der Waals surface area contributed by atoms with E-state index in [0.717, 1.165) is 30.5 Å². The van der Waals surface area contributed by atoms with Gasteiger partial charge in [0.05, 0.1) is 17.9 Å². The Labute approximate surface area is 181 Å². The van der Waals surface area contributed by atoms with Crippen LogP contribution in [0.3, 0.4) is 0 Å². The number of benzene rings is 2. The van der Waals surface area contributed by atoms with E-state index >= 15 is 0 Å². The highest BCUT2D eigenvalue weighted by Gasteiger charge is 2.29. The lowest BCUT2D eigenvalue weighted by molar-refractivity contribution is -0.121. The van der Waals surface area contributed by atoms with Crippen LogP contribution in [-0.2, 0) is 11.8 Å². The third-order valence-electron chi connectivity index (χ3n) is 6.41. The molecule has 0 aliphatic heterocycles. The lowest BCUT2D eigenvalue weighted by Gasteiger charge is -2.15. The Morgan fingerprint density at radius 1 is 1.06 bits per heavy atom. The topological polar surface area (TPSA) is 64.7 Å². The lowest BCUT2D eigenvalue weighted by atomic mass is 10.0. The average molecular weight is 414 g/mol. The van der Waals surface area contributed by atoms with Crippen molar-refractivity contribution in [3.8, 4) is 22.4 Å². The van der Waals surface area contributed by atoms with Crippen molar-refractivity contribution in [2.75, 3.05) is 0 Å². The molecule has 0 bridgehead atoms. The molecule has 31 heavy (non-hydrogen) atoms. The molecule has 1 aliphatic rings. The van der Waals surface area contributed by atoms with Crippen LogP contribution in [0.4, 0.5) is 0 Å². The van der Waals surface area contributed by atoms with Gasteiger partial charge in [0.1, 0.15) is 0 Å². The van der Waals surface area contributed by atoms with Crippen LogP contribution in [0.2, 0.25) is 0 Å². The van der Waals surface area contributed by atoms with Crippen molar-refractivity contribution in [3.63, 3.8) is 0 Å². The molecule has 2 atom stereocenters. The summed E-state index contributed by atoms with van der Waals surface area (Å²) in [5, 5.41) is 12.9. The summed E-state index contributed by atoms with van der Waals surface area (Å²) in [4.78, 5) is 11.7. The standard InChI is InChI=1S/C25H27N5O/c1-3-25(31)27-21-9-10-22(15-21)30-24(16-26-28-30)18-6-4-17(5-7-18)19-8-11-23-20(14-19)12-13-29(23)2/h4-8,11-14,16,21-22H,3,9-10,15H2,1-2H3,(H,27,31)/t21-,22?/m0/s1. The summed E-state index contributed by atoms with van der Waals surface area (Å²) in [7, 11) is 2.07. The number of aromatic nitrogens is 4. The Kier molecular flexibility index (Phi) is 5.06. The monoisotopic (exact) mass is 413 g/mol. The molecule has 4 aromatic rings. The summed E-state index contributed by atoms with van der Waals surface area (Å²) < 4.78 is 4.17. The molecule has 1 N–H and O–H groups in total. The number of carbonyl (C=O) groups is 1. The molecule has 0 saturated heterocycles. The first-order chi connectivity index (χ1) is 15.1. The predicted octanol–water partition coefficient (Wildman–Crippen LogP) is 4.72. The lowest BCUT2D eigenvalue weighted by Crippen LogP contribution is -2.32. The van der Waals surface area contributed by atoms with Crippen molar-refractivity contribution in [3.05, 3.63) is 60.9 Å². The van der Waals surface area contributed by atoms with Crippen LogP contribution in [0.25, 0.3) is 33.3 Å². The SMILES string of the molecule is CCC(=O)N[C@H]1CCC(n2nncc2-c2ccc(-c3ccc4c(ccn4C)c3)cc2)C1. The van der Waals surface area contributed by atoms with E-state index in [2.05, 4.69) is 82.0 Å². The van der Waals surface area contributed by atoms with Crippen LogP contribution < -0.4 is 5.32 Å². The fraction of sp³-hybridized carbons (Fsp3) is 0.320. The first-order valence-corrected chi connectivity index (χ1v) is 11.0. The number of hydrogen-bond acceptors (Lipinski definition) is 3. The number of amides is 1. The second kappa shape index (κ2) is 8.02. The van der Waals surface area contributed by atoms with E-state index in [4.69, 9.17) is 0 Å². The van der Waals surface area contributed by atoms with Crippen molar-refractivity contribution >= 4 is 16.8 Å². The number of carbonyl (C=O) groups excluding carboxylic acids is 1. The maximum atomic E-state index is 11.7. The molecule has 1 aliphatic carbocycles. The summed E-state index contributed by atoms with van der Waals surface area (Å²) in [6.07, 6.45) is 7.34. The Hall–Kier alpha value is -3.41. The number of nitrogens with one attached hydrogen (secondary N) is 1. The van der Waals surface area contributed by atoms with Crippen LogP contribution >= 0.6 is 0 Å². The highest BCUT2D eigenvalue weighted by atomic mass is 16.1. The predicted molar refractivity (Wildman–Crippen MR) is 122 cm³/mol. The molecule has 0 radical (unpaired) electrons. The van der Waals surface area contributed by atoms with Gasteiger partial charge in [0, 0.05) is 42.2 Å². The Balaban J connectivity index is 1.36. The van der Waals surface area contributed by atoms with Gasteiger partial charge in [-0.25, -0.2) is 4.68 Å². The second-order valence-electron chi connectivity index (χ2n) is 8.43. The van der Waals surface area contributed by atoms with Gasteiger partial charge in [0.15, 0.2) is 0 Å². The Bertz CT molecular complexity index is 1220. The molecule has 1 saturated carbocycles. The molecule has 2 aromatic carbocycles. The van der Waals surface area contributed by atoms with E-state index in [0.29, 0.717) is 6.42 Å². The van der Waals surface area contributed by atoms with E-state index in [1.165, 1.54) is 22.0 Å². The van der Waals surface area contributed by atoms with Crippen molar-refractivity contribution in [2.45, 2.75) is 44.7 Å². The van der Waals surface area contributed by atoms with Crippen LogP contribution in [0, 0.1) is 0 Å². The summed E-state index contributed by atoms with van der Waals surface area (Å²) in [6.45, 7) is 1.89. The Morgan fingerprint density at radius 2 is 1.84 bits per heavy atom. The Morgan fingerprint density at radius 3 is 2.65 bits per heavy atom. The maximum absolute atomic E-state index is 11.7. The molecule has 2 heterocycles. The number of hydrogen-bond donors (Lipinski definition) is 1. The second-order valence-corrected chi connectivity index (χ2v) is 8.43. The van der Waals surface area contributed by atoms with Gasteiger partial charge in [0.2, 0.25) is 5.91 Å². The van der Waals surface area contributed by atoms with E-state index in [1.54, 1.807) is 0 Å². The van der Waals surface area contributed by atoms with Crippen LogP contribution in [-0.4, -0.2) is 31.5 Å². The molecular formula is C25H27N5O. The number of fused-ring (bicyclic) bond motifs is 1. The van der Waals surface area contributed by atoms with Crippen LogP contribution in [0.5, 0.6) is 0 Å². The van der Waals surface area contributed by atoms with Crippen LogP contribution in [0.1, 0.15) is 38.6 Å². The van der Waals surface area contributed by atoms with Crippen molar-refractivity contribution in [1.82, 2.24) is 24.9 Å². The minimum atomic E-state index is 0.119. The summed E-state index contributed by atoms with van der Waals surface area (Å²) in [6, 6.07) is 17.8. The van der Waals surface area contributed by atoms with Gasteiger partial charge < -0.3 is 9.88 Å². The highest BCUT2D eigenvalue weighted by molar-refractivity contribution is 5.86. The number of nitrogens with zero attached hydrogens (tertiary/aromatic N) is 4. The van der Waals surface area contributed by atoms with E-state index in [-0.39, 0.29) is 18.0 Å². The molecule has 158 valence electrons. The minimum Gasteiger partial charge on any atom is -0.353 e. The van der Waals surface area contributed by atoms with Gasteiger partial charge in [-0.15, -0.1) is 5.10 Å². The smallest absolute Gasteiger partial charge is 0.219 e. The zero-order chi connectivity index (χ0) is 21.4. The first-order valence-electron chi connectivity index (χ1n) is 11.0.